The summed E-state index contributed by atoms with van der Waals surface area (Å²) in [6.07, 6.45) is -11.2. The predicted octanol–water partition coefficient (Wildman–Crippen LogP) is 6.03. The van der Waals surface area contributed by atoms with Crippen LogP contribution in [0.3, 0.4) is 0 Å². The maximum Gasteiger partial charge on any atom is 0.460 e. The highest BCUT2D eigenvalue weighted by Crippen LogP contribution is 2.62. The molecular formula is C15H9F13O2. The van der Waals surface area contributed by atoms with Crippen molar-refractivity contribution in [3.8, 4) is 0 Å². The van der Waals surface area contributed by atoms with Gasteiger partial charge >= 0.3 is 41.8 Å². The van der Waals surface area contributed by atoms with Crippen LogP contribution in [0.15, 0.2) is 30.3 Å². The molecule has 0 aliphatic carbocycles. The highest BCUT2D eigenvalue weighted by Gasteiger charge is 2.91. The number of hydrogen-bond donors (Lipinski definition) is 0. The normalized spacial score (nSPS) is 15.7. The van der Waals surface area contributed by atoms with E-state index in [1.807, 2.05) is 0 Å². The van der Waals surface area contributed by atoms with Crippen LogP contribution in [0.2, 0.25) is 0 Å². The Kier molecular flexibility index (Phi) is 6.44. The summed E-state index contributed by atoms with van der Waals surface area (Å²) in [4.78, 5) is 10.9. The lowest BCUT2D eigenvalue weighted by atomic mass is 9.89. The van der Waals surface area contributed by atoms with E-state index in [0.717, 1.165) is 18.2 Å². The monoisotopic (exact) mass is 468 g/mol. The fourth-order valence-corrected chi connectivity index (χ4v) is 2.09. The van der Waals surface area contributed by atoms with Crippen LogP contribution in [0, 0.1) is 0 Å². The van der Waals surface area contributed by atoms with Gasteiger partial charge in [-0.25, -0.2) is 0 Å². The minimum absolute atomic E-state index is 0.328. The van der Waals surface area contributed by atoms with Crippen molar-refractivity contribution in [3.05, 3.63) is 35.9 Å². The number of halogens is 13. The van der Waals surface area contributed by atoms with Crippen LogP contribution in [0.25, 0.3) is 0 Å². The summed E-state index contributed by atoms with van der Waals surface area (Å²) in [5.74, 6) is -39.8. The lowest BCUT2D eigenvalue weighted by molar-refractivity contribution is -0.444. The third-order valence-electron chi connectivity index (χ3n) is 3.67. The Balaban J connectivity index is 3.65. The van der Waals surface area contributed by atoms with Crippen LogP contribution in [0.1, 0.15) is 18.6 Å². The number of rotatable bonds is 7. The van der Waals surface area contributed by atoms with E-state index in [-0.39, 0.29) is 0 Å². The van der Waals surface area contributed by atoms with Crippen LogP contribution in [0.5, 0.6) is 0 Å². The molecule has 2 nitrogen and oxygen atoms in total. The molecule has 0 bridgehead atoms. The van der Waals surface area contributed by atoms with Crippen molar-refractivity contribution >= 4 is 5.97 Å². The number of ether oxygens (including phenoxy) is 1. The number of benzene rings is 1. The van der Waals surface area contributed by atoms with Crippen molar-refractivity contribution in [2.45, 2.75) is 48.8 Å². The van der Waals surface area contributed by atoms with E-state index >= 15 is 0 Å². The molecule has 1 unspecified atom stereocenters. The van der Waals surface area contributed by atoms with Gasteiger partial charge in [-0.2, -0.15) is 57.1 Å². The third-order valence-corrected chi connectivity index (χ3v) is 3.67. The van der Waals surface area contributed by atoms with Crippen molar-refractivity contribution in [2.24, 2.45) is 0 Å². The molecular weight excluding hydrogens is 459 g/mol. The first kappa shape index (κ1) is 25.8. The summed E-state index contributed by atoms with van der Waals surface area (Å²) in [6, 6.07) is 3.75. The molecule has 0 aliphatic heterocycles. The second kappa shape index (κ2) is 7.48. The summed E-state index contributed by atoms with van der Waals surface area (Å²) in [6.45, 7) is 0.328. The molecule has 0 amide bonds. The Morgan fingerprint density at radius 3 is 1.47 bits per heavy atom. The maximum atomic E-state index is 14.3. The van der Waals surface area contributed by atoms with Crippen LogP contribution in [-0.4, -0.2) is 41.8 Å². The van der Waals surface area contributed by atoms with Crippen molar-refractivity contribution in [3.63, 3.8) is 0 Å². The van der Waals surface area contributed by atoms with Gasteiger partial charge in [0, 0.05) is 6.92 Å². The van der Waals surface area contributed by atoms with Gasteiger partial charge in [-0.1, -0.05) is 30.3 Å². The van der Waals surface area contributed by atoms with E-state index in [9.17, 15) is 61.9 Å². The van der Waals surface area contributed by atoms with E-state index in [2.05, 4.69) is 4.74 Å². The highest BCUT2D eigenvalue weighted by atomic mass is 19.4. The zero-order valence-corrected chi connectivity index (χ0v) is 14.2. The Labute approximate surface area is 158 Å². The summed E-state index contributed by atoms with van der Waals surface area (Å²) >= 11 is 0. The molecule has 0 saturated carbocycles. The molecule has 0 fully saturated rings. The van der Waals surface area contributed by atoms with E-state index in [0.29, 0.717) is 19.1 Å². The molecule has 1 aromatic carbocycles. The largest absolute Gasteiger partial charge is 0.460 e. The lowest BCUT2D eigenvalue weighted by Gasteiger charge is -2.41. The van der Waals surface area contributed by atoms with E-state index in [1.165, 1.54) is 0 Å². The minimum Gasteiger partial charge on any atom is -0.451 e. The number of alkyl halides is 13. The second-order valence-corrected chi connectivity index (χ2v) is 5.82. The molecule has 0 saturated heterocycles. The molecule has 1 rings (SSSR count). The molecule has 172 valence electrons. The first-order valence-corrected chi connectivity index (χ1v) is 7.34. The number of carbonyl (C=O) groups excluding carboxylic acids is 1. The molecule has 0 radical (unpaired) electrons. The average Bonchev–Trinajstić information content (AvgIpc) is 2.58. The Bertz CT molecular complexity index is 756. The smallest absolute Gasteiger partial charge is 0.451 e. The van der Waals surface area contributed by atoms with Crippen LogP contribution >= 0.6 is 0 Å². The Morgan fingerprint density at radius 2 is 1.10 bits per heavy atom. The first-order valence-electron chi connectivity index (χ1n) is 7.34. The third kappa shape index (κ3) is 3.77. The SMILES string of the molecule is CC(=O)OC(c1ccccc1)C(F)(F)C(F)(F)C(F)(F)C(F)(F)C(F)(F)C(F)(F)F. The topological polar surface area (TPSA) is 26.3 Å². The molecule has 1 atom stereocenters. The molecule has 0 heterocycles. The molecule has 15 heteroatoms. The number of hydrogen-bond acceptors (Lipinski definition) is 2. The van der Waals surface area contributed by atoms with Gasteiger partial charge in [0.25, 0.3) is 0 Å². The quantitative estimate of drug-likeness (QED) is 0.361. The van der Waals surface area contributed by atoms with Gasteiger partial charge in [0.05, 0.1) is 0 Å². The van der Waals surface area contributed by atoms with Crippen molar-refractivity contribution in [2.75, 3.05) is 0 Å². The molecule has 0 aliphatic rings. The molecule has 30 heavy (non-hydrogen) atoms. The number of carbonyl (C=O) groups is 1. The predicted molar refractivity (Wildman–Crippen MR) is 71.7 cm³/mol. The minimum atomic E-state index is -8.03. The van der Waals surface area contributed by atoms with E-state index < -0.39 is 53.4 Å². The summed E-state index contributed by atoms with van der Waals surface area (Å²) < 4.78 is 176. The number of esters is 1. The van der Waals surface area contributed by atoms with Crippen LogP contribution in [-0.2, 0) is 9.53 Å². The summed E-state index contributed by atoms with van der Waals surface area (Å²) in [7, 11) is 0. The van der Waals surface area contributed by atoms with E-state index in [1.54, 1.807) is 0 Å². The van der Waals surface area contributed by atoms with Gasteiger partial charge in [0.15, 0.2) is 6.10 Å². The second-order valence-electron chi connectivity index (χ2n) is 5.82. The van der Waals surface area contributed by atoms with Crippen LogP contribution in [0.4, 0.5) is 57.1 Å². The van der Waals surface area contributed by atoms with Crippen molar-refractivity contribution < 1.29 is 66.6 Å². The van der Waals surface area contributed by atoms with Gasteiger partial charge in [-0.3, -0.25) is 4.79 Å². The molecule has 0 spiro atoms. The van der Waals surface area contributed by atoms with Gasteiger partial charge in [0.2, 0.25) is 0 Å². The highest BCUT2D eigenvalue weighted by molar-refractivity contribution is 5.66. The standard InChI is InChI=1S/C15H9F13O2/c1-7(29)30-9(8-5-3-2-4-6-8)10(16,17)11(18,19)12(20,21)13(22,23)14(24,25)15(26,27)28/h2-6,9H,1H3. The van der Waals surface area contributed by atoms with E-state index in [4.69, 9.17) is 0 Å². The average molecular weight is 468 g/mol. The molecule has 0 N–H and O–H groups in total. The lowest BCUT2D eigenvalue weighted by Crippen LogP contribution is -2.70. The van der Waals surface area contributed by atoms with Crippen molar-refractivity contribution in [1.82, 2.24) is 0 Å². The molecule has 0 aromatic heterocycles. The van der Waals surface area contributed by atoms with Gasteiger partial charge in [0.1, 0.15) is 0 Å². The van der Waals surface area contributed by atoms with Crippen LogP contribution < -0.4 is 0 Å². The Hall–Kier alpha value is -2.22. The summed E-state index contributed by atoms with van der Waals surface area (Å²) in [5, 5.41) is 0. The zero-order valence-electron chi connectivity index (χ0n) is 14.2. The van der Waals surface area contributed by atoms with Gasteiger partial charge < -0.3 is 4.74 Å². The van der Waals surface area contributed by atoms with Gasteiger partial charge in [-0.15, -0.1) is 0 Å². The fraction of sp³-hybridized carbons (Fsp3) is 0.533. The summed E-state index contributed by atoms with van der Waals surface area (Å²) in [5.41, 5.74) is -1.17. The van der Waals surface area contributed by atoms with Gasteiger partial charge in [-0.05, 0) is 5.56 Å². The Morgan fingerprint density at radius 1 is 0.700 bits per heavy atom. The maximum absolute atomic E-state index is 14.3. The molecule has 1 aromatic rings. The van der Waals surface area contributed by atoms with Crippen molar-refractivity contribution in [1.29, 1.82) is 0 Å². The zero-order chi connectivity index (χ0) is 24.0. The first-order chi connectivity index (χ1) is 13.2. The fourth-order valence-electron chi connectivity index (χ4n) is 2.09.